The van der Waals surface area contributed by atoms with Crippen molar-refractivity contribution in [1.82, 2.24) is 0 Å². The number of benzene rings is 1. The summed E-state index contributed by atoms with van der Waals surface area (Å²) in [7, 11) is 0. The lowest BCUT2D eigenvalue weighted by molar-refractivity contribution is 0.0983. The average Bonchev–Trinajstić information content (AvgIpc) is 2.17. The summed E-state index contributed by atoms with van der Waals surface area (Å²) >= 11 is 11.1. The van der Waals surface area contributed by atoms with E-state index >= 15 is 0 Å². The van der Waals surface area contributed by atoms with Gasteiger partial charge in [-0.25, -0.2) is 0 Å². The molecule has 0 aliphatic carbocycles. The van der Waals surface area contributed by atoms with Gasteiger partial charge in [-0.3, -0.25) is 4.79 Å². The Labute approximate surface area is 97.4 Å². The highest BCUT2D eigenvalue weighted by Crippen LogP contribution is 2.31. The number of halogens is 2. The van der Waals surface area contributed by atoms with Crippen molar-refractivity contribution < 1.29 is 9.90 Å². The normalized spacial score (nSPS) is 10.1. The van der Waals surface area contributed by atoms with E-state index in [0.29, 0.717) is 0 Å². The van der Waals surface area contributed by atoms with Gasteiger partial charge in [0.2, 0.25) is 0 Å². The van der Waals surface area contributed by atoms with Gasteiger partial charge in [-0.05, 0) is 18.7 Å². The molecule has 0 atom stereocenters. The van der Waals surface area contributed by atoms with E-state index in [-0.39, 0.29) is 35.7 Å². The predicted molar refractivity (Wildman–Crippen MR) is 60.3 cm³/mol. The second-order valence-electron chi connectivity index (χ2n) is 2.87. The van der Waals surface area contributed by atoms with Crippen molar-refractivity contribution >= 4 is 35.0 Å². The Bertz CT molecular complexity index is 369. The number of phenolic OH excluding ortho intramolecular Hbond substituents is 1. The van der Waals surface area contributed by atoms with E-state index in [1.807, 2.05) is 0 Å². The van der Waals surface area contributed by atoms with Crippen molar-refractivity contribution in [2.75, 3.05) is 10.5 Å². The van der Waals surface area contributed by atoms with Gasteiger partial charge in [-0.1, -0.05) is 6.07 Å². The summed E-state index contributed by atoms with van der Waals surface area (Å²) in [6, 6.07) is 4.47. The SMILES string of the molecule is NCCC(=O)c1c(O)cccc1N(Cl)Cl. The summed E-state index contributed by atoms with van der Waals surface area (Å²) in [4.78, 5) is 11.6. The standard InChI is InChI=1S/C9H10Cl2N2O2/c10-13(11)6-2-1-3-7(14)9(6)8(15)4-5-12/h1-3,14H,4-5,12H2. The van der Waals surface area contributed by atoms with Crippen LogP contribution in [0, 0.1) is 0 Å². The highest BCUT2D eigenvalue weighted by atomic mass is 35.5. The molecular weight excluding hydrogens is 239 g/mol. The summed E-state index contributed by atoms with van der Waals surface area (Å²) in [5.74, 6) is -0.450. The van der Waals surface area contributed by atoms with Crippen molar-refractivity contribution in [3.8, 4) is 5.75 Å². The minimum absolute atomic E-state index is 0.0907. The fourth-order valence-corrected chi connectivity index (χ4v) is 1.49. The Morgan fingerprint density at radius 3 is 2.67 bits per heavy atom. The number of nitrogens with two attached hydrogens (primary N) is 1. The van der Waals surface area contributed by atoms with Crippen LogP contribution in [0.3, 0.4) is 0 Å². The maximum Gasteiger partial charge on any atom is 0.170 e. The van der Waals surface area contributed by atoms with Crippen molar-refractivity contribution in [3.63, 3.8) is 0 Å². The first-order valence-electron chi connectivity index (χ1n) is 4.25. The Balaban J connectivity index is 3.18. The van der Waals surface area contributed by atoms with Crippen LogP contribution in [0.5, 0.6) is 5.75 Å². The quantitative estimate of drug-likeness (QED) is 0.633. The Morgan fingerprint density at radius 2 is 2.13 bits per heavy atom. The third-order valence-electron chi connectivity index (χ3n) is 1.85. The van der Waals surface area contributed by atoms with Gasteiger partial charge < -0.3 is 10.8 Å². The van der Waals surface area contributed by atoms with Crippen LogP contribution in [0.1, 0.15) is 16.8 Å². The van der Waals surface area contributed by atoms with E-state index in [4.69, 9.17) is 29.3 Å². The van der Waals surface area contributed by atoms with Gasteiger partial charge in [-0.15, -0.1) is 0 Å². The highest BCUT2D eigenvalue weighted by Gasteiger charge is 2.18. The molecule has 3 N–H and O–H groups in total. The van der Waals surface area contributed by atoms with Gasteiger partial charge in [0.25, 0.3) is 0 Å². The molecule has 1 aromatic carbocycles. The van der Waals surface area contributed by atoms with E-state index in [2.05, 4.69) is 0 Å². The topological polar surface area (TPSA) is 66.6 Å². The zero-order valence-corrected chi connectivity index (χ0v) is 9.29. The largest absolute Gasteiger partial charge is 0.507 e. The molecule has 1 rings (SSSR count). The lowest BCUT2D eigenvalue weighted by Gasteiger charge is -2.12. The molecule has 4 nitrogen and oxygen atoms in total. The molecular formula is C9H10Cl2N2O2. The average molecular weight is 249 g/mol. The summed E-state index contributed by atoms with van der Waals surface area (Å²) in [6.07, 6.45) is 0.131. The number of phenols is 1. The minimum atomic E-state index is -0.295. The molecule has 6 heteroatoms. The van der Waals surface area contributed by atoms with Crippen molar-refractivity contribution in [2.45, 2.75) is 6.42 Å². The molecule has 15 heavy (non-hydrogen) atoms. The Morgan fingerprint density at radius 1 is 1.47 bits per heavy atom. The molecule has 1 aromatic rings. The maximum absolute atomic E-state index is 11.6. The van der Waals surface area contributed by atoms with E-state index in [9.17, 15) is 9.90 Å². The van der Waals surface area contributed by atoms with E-state index in [0.717, 1.165) is 3.94 Å². The van der Waals surface area contributed by atoms with Gasteiger partial charge in [0.15, 0.2) is 5.78 Å². The number of carbonyl (C=O) groups is 1. The van der Waals surface area contributed by atoms with Crippen LogP contribution >= 0.6 is 23.6 Å². The van der Waals surface area contributed by atoms with Crippen molar-refractivity contribution in [1.29, 1.82) is 0 Å². The monoisotopic (exact) mass is 248 g/mol. The highest BCUT2D eigenvalue weighted by molar-refractivity contribution is 6.50. The van der Waals surface area contributed by atoms with Crippen LogP contribution in [0.25, 0.3) is 0 Å². The van der Waals surface area contributed by atoms with E-state index in [1.54, 1.807) is 6.07 Å². The molecule has 0 spiro atoms. The lowest BCUT2D eigenvalue weighted by atomic mass is 10.1. The third-order valence-corrected chi connectivity index (χ3v) is 2.22. The summed E-state index contributed by atoms with van der Waals surface area (Å²) in [6.45, 7) is 0.206. The summed E-state index contributed by atoms with van der Waals surface area (Å²) in [5, 5.41) is 9.53. The molecule has 0 aromatic heterocycles. The van der Waals surface area contributed by atoms with Crippen LogP contribution in [0.15, 0.2) is 18.2 Å². The Hall–Kier alpha value is -0.970. The van der Waals surface area contributed by atoms with Crippen LogP contribution in [0.4, 0.5) is 5.69 Å². The molecule has 0 saturated carbocycles. The molecule has 0 aliphatic heterocycles. The molecule has 0 unspecified atom stereocenters. The first-order chi connectivity index (χ1) is 7.07. The van der Waals surface area contributed by atoms with Crippen LogP contribution < -0.4 is 9.67 Å². The fraction of sp³-hybridized carbons (Fsp3) is 0.222. The molecule has 0 fully saturated rings. The second-order valence-corrected chi connectivity index (χ2v) is 3.72. The summed E-state index contributed by atoms with van der Waals surface area (Å²) in [5.41, 5.74) is 5.60. The minimum Gasteiger partial charge on any atom is -0.507 e. The zero-order valence-electron chi connectivity index (χ0n) is 7.78. The van der Waals surface area contributed by atoms with Gasteiger partial charge in [-0.2, -0.15) is 3.94 Å². The molecule has 0 saturated heterocycles. The number of Topliss-reactive ketones (excluding diaryl/α,β-unsaturated/α-hetero) is 1. The number of hydrogen-bond acceptors (Lipinski definition) is 4. The van der Waals surface area contributed by atoms with Crippen LogP contribution in [-0.2, 0) is 0 Å². The molecule has 0 radical (unpaired) electrons. The smallest absolute Gasteiger partial charge is 0.170 e. The van der Waals surface area contributed by atoms with Gasteiger partial charge >= 0.3 is 0 Å². The number of ketones is 1. The van der Waals surface area contributed by atoms with E-state index in [1.165, 1.54) is 12.1 Å². The van der Waals surface area contributed by atoms with Gasteiger partial charge in [0, 0.05) is 30.0 Å². The van der Waals surface area contributed by atoms with Gasteiger partial charge in [0.05, 0.1) is 11.3 Å². The van der Waals surface area contributed by atoms with Gasteiger partial charge in [0.1, 0.15) is 5.75 Å². The van der Waals surface area contributed by atoms with Crippen molar-refractivity contribution in [2.24, 2.45) is 5.73 Å². The predicted octanol–water partition coefficient (Wildman–Crippen LogP) is 2.04. The number of hydrogen-bond donors (Lipinski definition) is 2. The molecule has 0 heterocycles. The number of rotatable bonds is 4. The summed E-state index contributed by atoms with van der Waals surface area (Å²) < 4.78 is 0.740. The van der Waals surface area contributed by atoms with E-state index < -0.39 is 0 Å². The number of aromatic hydroxyl groups is 1. The zero-order chi connectivity index (χ0) is 11.4. The molecule has 82 valence electrons. The Kier molecular flexibility index (Phi) is 4.20. The molecule has 0 aliphatic rings. The number of carbonyl (C=O) groups excluding carboxylic acids is 1. The maximum atomic E-state index is 11.6. The number of nitrogens with zero attached hydrogens (tertiary/aromatic N) is 1. The number of anilines is 1. The van der Waals surface area contributed by atoms with Crippen molar-refractivity contribution in [3.05, 3.63) is 23.8 Å². The van der Waals surface area contributed by atoms with Crippen LogP contribution in [-0.4, -0.2) is 17.4 Å². The first-order valence-corrected chi connectivity index (χ1v) is 4.92. The molecule has 0 amide bonds. The second kappa shape index (κ2) is 5.21. The lowest BCUT2D eigenvalue weighted by Crippen LogP contribution is -2.11. The van der Waals surface area contributed by atoms with Crippen LogP contribution in [0.2, 0.25) is 0 Å². The fourth-order valence-electron chi connectivity index (χ4n) is 1.21. The molecule has 0 bridgehead atoms. The third kappa shape index (κ3) is 2.75. The first kappa shape index (κ1) is 12.1.